The molecule has 3 nitrogen and oxygen atoms in total. The van der Waals surface area contributed by atoms with Gasteiger partial charge in [0.2, 0.25) is 0 Å². The van der Waals surface area contributed by atoms with Crippen molar-refractivity contribution in [2.24, 2.45) is 0 Å². The minimum Gasteiger partial charge on any atom is -0.508 e. The van der Waals surface area contributed by atoms with Gasteiger partial charge < -0.3 is 9.84 Å². The molecule has 0 bridgehead atoms. The number of methoxy groups -OCH3 is 1. The molecular weight excluding hydrogens is 375 g/mol. The fourth-order valence-electron chi connectivity index (χ4n) is 2.35. The Kier molecular flexibility index (Phi) is 5.38. The predicted octanol–water partition coefficient (Wildman–Crippen LogP) is 4.87. The molecule has 2 aromatic carbocycles. The summed E-state index contributed by atoms with van der Waals surface area (Å²) in [6.45, 7) is 0. The Morgan fingerprint density at radius 3 is 2.30 bits per heavy atom. The van der Waals surface area contributed by atoms with Gasteiger partial charge in [0.25, 0.3) is 0 Å². The van der Waals surface area contributed by atoms with Crippen molar-refractivity contribution in [2.45, 2.75) is 12.6 Å². The van der Waals surface area contributed by atoms with Crippen LogP contribution in [0.4, 0.5) is 13.2 Å². The summed E-state index contributed by atoms with van der Waals surface area (Å²) < 4.78 is 45.1. The lowest BCUT2D eigenvalue weighted by Crippen LogP contribution is -2.09. The molecule has 138 valence electrons. The number of thiazole rings is 1. The van der Waals surface area contributed by atoms with Gasteiger partial charge in [-0.2, -0.15) is 13.2 Å². The number of alkyl halides is 3. The molecule has 0 saturated carbocycles. The summed E-state index contributed by atoms with van der Waals surface area (Å²) in [6.07, 6.45) is -4.44. The number of phenolic OH excluding ortho intramolecular Hbond substituents is 1. The number of benzene rings is 2. The number of halogens is 3. The zero-order chi connectivity index (χ0) is 19.4. The molecule has 3 aromatic rings. The van der Waals surface area contributed by atoms with E-state index in [-0.39, 0.29) is 22.1 Å². The van der Waals surface area contributed by atoms with E-state index in [0.29, 0.717) is 11.3 Å². The lowest BCUT2D eigenvalue weighted by atomic mass is 10.1. The fourth-order valence-corrected chi connectivity index (χ4v) is 3.31. The van der Waals surface area contributed by atoms with Crippen molar-refractivity contribution in [2.75, 3.05) is 7.11 Å². The minimum atomic E-state index is -4.54. The molecular formula is C20H14F3NO2S. The van der Waals surface area contributed by atoms with Crippen LogP contribution in [0.15, 0.2) is 48.5 Å². The van der Waals surface area contributed by atoms with Gasteiger partial charge in [-0.3, -0.25) is 0 Å². The van der Waals surface area contributed by atoms with E-state index in [9.17, 15) is 18.3 Å². The molecule has 0 saturated heterocycles. The lowest BCUT2D eigenvalue weighted by Gasteiger charge is -2.06. The molecule has 27 heavy (non-hydrogen) atoms. The Balaban J connectivity index is 1.90. The molecule has 0 aliphatic heterocycles. The van der Waals surface area contributed by atoms with Crippen LogP contribution in [0, 0.1) is 11.8 Å². The normalized spacial score (nSPS) is 11.0. The number of aromatic hydroxyl groups is 1. The summed E-state index contributed by atoms with van der Waals surface area (Å²) >= 11 is 0.928. The van der Waals surface area contributed by atoms with Crippen LogP contribution >= 0.6 is 11.3 Å². The van der Waals surface area contributed by atoms with Gasteiger partial charge in [0.1, 0.15) is 11.5 Å². The number of ether oxygens (including phenoxy) is 1. The van der Waals surface area contributed by atoms with Crippen molar-refractivity contribution >= 4 is 11.3 Å². The first kappa shape index (κ1) is 18.8. The number of phenols is 1. The Morgan fingerprint density at radius 1 is 1.04 bits per heavy atom. The van der Waals surface area contributed by atoms with Crippen LogP contribution in [0.2, 0.25) is 0 Å². The van der Waals surface area contributed by atoms with Crippen LogP contribution in [-0.2, 0) is 12.6 Å². The quantitative estimate of drug-likeness (QED) is 0.650. The van der Waals surface area contributed by atoms with Gasteiger partial charge >= 0.3 is 6.18 Å². The second kappa shape index (κ2) is 7.72. The van der Waals surface area contributed by atoms with E-state index >= 15 is 0 Å². The van der Waals surface area contributed by atoms with E-state index in [2.05, 4.69) is 16.8 Å². The van der Waals surface area contributed by atoms with Crippen LogP contribution in [0.1, 0.15) is 26.7 Å². The fraction of sp³-hybridized carbons (Fsp3) is 0.150. The number of hydrogen-bond acceptors (Lipinski definition) is 4. The maximum Gasteiger partial charge on any atom is 0.434 e. The number of nitrogens with zero attached hydrogens (tertiary/aromatic N) is 1. The van der Waals surface area contributed by atoms with Crippen molar-refractivity contribution < 1.29 is 23.0 Å². The summed E-state index contributed by atoms with van der Waals surface area (Å²) in [5.74, 6) is 6.17. The highest BCUT2D eigenvalue weighted by Gasteiger charge is 2.37. The van der Waals surface area contributed by atoms with Crippen molar-refractivity contribution in [3.8, 4) is 23.3 Å². The van der Waals surface area contributed by atoms with Crippen LogP contribution in [-0.4, -0.2) is 17.2 Å². The zero-order valence-corrected chi connectivity index (χ0v) is 15.0. The second-order valence-electron chi connectivity index (χ2n) is 5.61. The highest BCUT2D eigenvalue weighted by molar-refractivity contribution is 7.12. The average molecular weight is 389 g/mol. The first-order chi connectivity index (χ1) is 12.8. The first-order valence-corrected chi connectivity index (χ1v) is 8.67. The molecule has 0 unspecified atom stereocenters. The second-order valence-corrected chi connectivity index (χ2v) is 6.69. The predicted molar refractivity (Wildman–Crippen MR) is 97.0 cm³/mol. The lowest BCUT2D eigenvalue weighted by molar-refractivity contribution is -0.141. The number of hydrogen-bond donors (Lipinski definition) is 1. The van der Waals surface area contributed by atoms with E-state index in [0.717, 1.165) is 16.9 Å². The third-order valence-electron chi connectivity index (χ3n) is 3.67. The largest absolute Gasteiger partial charge is 0.508 e. The molecule has 1 heterocycles. The molecule has 3 rings (SSSR count). The molecule has 0 radical (unpaired) electrons. The Hall–Kier alpha value is -2.98. The molecule has 1 aromatic heterocycles. The summed E-state index contributed by atoms with van der Waals surface area (Å²) in [4.78, 5) is 3.80. The van der Waals surface area contributed by atoms with Gasteiger partial charge in [-0.05, 0) is 47.9 Å². The van der Waals surface area contributed by atoms with Crippen molar-refractivity contribution in [1.29, 1.82) is 0 Å². The SMILES string of the molecule is COc1ccc(Cc2sc(C#Cc3ccc(O)cc3)nc2C(F)(F)F)cc1. The van der Waals surface area contributed by atoms with E-state index in [4.69, 9.17) is 4.74 Å². The van der Waals surface area contributed by atoms with Crippen LogP contribution in [0.25, 0.3) is 0 Å². The Morgan fingerprint density at radius 2 is 1.70 bits per heavy atom. The van der Waals surface area contributed by atoms with Gasteiger partial charge in [0, 0.05) is 16.9 Å². The van der Waals surface area contributed by atoms with Crippen LogP contribution in [0.3, 0.4) is 0 Å². The van der Waals surface area contributed by atoms with Gasteiger partial charge in [-0.1, -0.05) is 18.1 Å². The molecule has 7 heteroatoms. The standard InChI is InChI=1S/C20H14F3NO2S/c1-26-16-9-4-14(5-10-16)12-17-19(20(21,22)23)24-18(27-17)11-6-13-2-7-15(25)8-3-13/h2-5,7-10,25H,12H2,1H3. The summed E-state index contributed by atoms with van der Waals surface area (Å²) in [6, 6.07) is 12.9. The van der Waals surface area contributed by atoms with Crippen LogP contribution < -0.4 is 4.74 Å². The molecule has 0 aliphatic rings. The van der Waals surface area contributed by atoms with Crippen molar-refractivity contribution in [3.63, 3.8) is 0 Å². The van der Waals surface area contributed by atoms with Crippen LogP contribution in [0.5, 0.6) is 11.5 Å². The highest BCUT2D eigenvalue weighted by atomic mass is 32.1. The van der Waals surface area contributed by atoms with E-state index in [1.54, 1.807) is 36.4 Å². The molecule has 0 fully saturated rings. The molecule has 0 atom stereocenters. The Bertz CT molecular complexity index is 981. The number of aromatic nitrogens is 1. The zero-order valence-electron chi connectivity index (χ0n) is 14.2. The van der Waals surface area contributed by atoms with E-state index in [1.807, 2.05) is 0 Å². The van der Waals surface area contributed by atoms with Crippen molar-refractivity contribution in [1.82, 2.24) is 4.98 Å². The first-order valence-electron chi connectivity index (χ1n) is 7.86. The molecule has 1 N–H and O–H groups in total. The average Bonchev–Trinajstić information content (AvgIpc) is 3.05. The van der Waals surface area contributed by atoms with Gasteiger partial charge in [-0.25, -0.2) is 4.98 Å². The smallest absolute Gasteiger partial charge is 0.434 e. The van der Waals surface area contributed by atoms with Gasteiger partial charge in [0.15, 0.2) is 10.7 Å². The number of rotatable bonds is 3. The third-order valence-corrected chi connectivity index (χ3v) is 4.64. The summed E-state index contributed by atoms with van der Waals surface area (Å²) in [7, 11) is 1.53. The monoisotopic (exact) mass is 389 g/mol. The Labute approximate surface area is 158 Å². The van der Waals surface area contributed by atoms with E-state index < -0.39 is 11.9 Å². The third kappa shape index (κ3) is 4.80. The topological polar surface area (TPSA) is 42.4 Å². The van der Waals surface area contributed by atoms with E-state index in [1.165, 1.54) is 19.2 Å². The van der Waals surface area contributed by atoms with Gasteiger partial charge in [0.05, 0.1) is 7.11 Å². The maximum absolute atomic E-state index is 13.3. The molecule has 0 aliphatic carbocycles. The van der Waals surface area contributed by atoms with Gasteiger partial charge in [-0.15, -0.1) is 11.3 Å². The minimum absolute atomic E-state index is 0.0935. The summed E-state index contributed by atoms with van der Waals surface area (Å²) in [5.41, 5.74) is 0.398. The highest BCUT2D eigenvalue weighted by Crippen LogP contribution is 2.35. The molecule has 0 spiro atoms. The van der Waals surface area contributed by atoms with Crippen molar-refractivity contribution in [3.05, 3.63) is 75.2 Å². The summed E-state index contributed by atoms with van der Waals surface area (Å²) in [5, 5.41) is 9.35. The molecule has 0 amide bonds. The maximum atomic E-state index is 13.3.